The van der Waals surface area contributed by atoms with Crippen molar-refractivity contribution >= 4 is 0 Å². The van der Waals surface area contributed by atoms with Crippen molar-refractivity contribution in [3.63, 3.8) is 0 Å². The molecule has 12 nitrogen and oxygen atoms in total. The monoisotopic (exact) mass is 580 g/mol. The van der Waals surface area contributed by atoms with E-state index in [0.717, 1.165) is 18.2 Å². The van der Waals surface area contributed by atoms with Gasteiger partial charge in [0.15, 0.2) is 57.8 Å². The summed E-state index contributed by atoms with van der Waals surface area (Å²) in [7, 11) is 0. The van der Waals surface area contributed by atoms with Crippen LogP contribution in [-0.4, -0.2) is 68.4 Å². The number of fused-ring (bicyclic) bond motifs is 1. The summed E-state index contributed by atoms with van der Waals surface area (Å²) in [6, 6.07) is 11.2. The summed E-state index contributed by atoms with van der Waals surface area (Å²) < 4.78 is 5.84. The van der Waals surface area contributed by atoms with E-state index in [0.29, 0.717) is 5.56 Å². The molecule has 0 amide bonds. The number of phenolic OH excluding ortho intramolecular Hbond substituents is 9. The first kappa shape index (κ1) is 28.3. The van der Waals surface area contributed by atoms with Crippen LogP contribution < -0.4 is 4.74 Å². The van der Waals surface area contributed by atoms with Gasteiger partial charge in [-0.25, -0.2) is 0 Å². The van der Waals surface area contributed by atoms with E-state index >= 15 is 0 Å². The second-order valence-corrected chi connectivity index (χ2v) is 10.2. The highest BCUT2D eigenvalue weighted by Gasteiger charge is 2.36. The van der Waals surface area contributed by atoms with Gasteiger partial charge in [-0.15, -0.1) is 0 Å². The molecule has 0 bridgehead atoms. The molecule has 0 saturated heterocycles. The molecule has 1 aliphatic heterocycles. The predicted molar refractivity (Wildman–Crippen MR) is 145 cm³/mol. The standard InChI is InChI=1S/C30H28O12/c31-17-3-1-13(9-19(17)33)25(21(35)5-12-6-22(36)27(40)23(37)7-12)16-8-15-11-24(38)29(42-30(15)28(41)26(16)39)14-2-4-18(32)20(34)10-14/h1-4,6-10,21,24-25,29,31-41H,5,11H2. The van der Waals surface area contributed by atoms with Crippen LogP contribution in [-0.2, 0) is 12.8 Å². The first-order chi connectivity index (χ1) is 19.8. The van der Waals surface area contributed by atoms with E-state index in [1.165, 1.54) is 36.4 Å². The molecule has 1 aliphatic rings. The molecular weight excluding hydrogens is 552 g/mol. The molecule has 4 unspecified atom stereocenters. The molecule has 0 aliphatic carbocycles. The molecule has 1 heterocycles. The minimum absolute atomic E-state index is 0.0346. The second kappa shape index (κ2) is 10.7. The van der Waals surface area contributed by atoms with Crippen molar-refractivity contribution in [2.24, 2.45) is 0 Å². The van der Waals surface area contributed by atoms with Crippen molar-refractivity contribution in [2.45, 2.75) is 37.1 Å². The molecule has 42 heavy (non-hydrogen) atoms. The molecule has 0 spiro atoms. The lowest BCUT2D eigenvalue weighted by molar-refractivity contribution is 0.0185. The Bertz CT molecular complexity index is 1640. The quantitative estimate of drug-likeness (QED) is 0.148. The zero-order chi connectivity index (χ0) is 30.5. The van der Waals surface area contributed by atoms with Crippen LogP contribution in [0.15, 0.2) is 54.6 Å². The van der Waals surface area contributed by atoms with Gasteiger partial charge in [0.1, 0.15) is 0 Å². The van der Waals surface area contributed by atoms with E-state index in [-0.39, 0.29) is 46.6 Å². The Kier molecular flexibility index (Phi) is 7.19. The highest BCUT2D eigenvalue weighted by molar-refractivity contribution is 5.62. The zero-order valence-corrected chi connectivity index (χ0v) is 21.7. The van der Waals surface area contributed by atoms with Crippen LogP contribution >= 0.6 is 0 Å². The van der Waals surface area contributed by atoms with Crippen LogP contribution in [0.4, 0.5) is 0 Å². The lowest BCUT2D eigenvalue weighted by Crippen LogP contribution is -2.31. The van der Waals surface area contributed by atoms with E-state index in [1.807, 2.05) is 0 Å². The maximum Gasteiger partial charge on any atom is 0.201 e. The van der Waals surface area contributed by atoms with E-state index in [9.17, 15) is 56.2 Å². The smallest absolute Gasteiger partial charge is 0.201 e. The first-order valence-electron chi connectivity index (χ1n) is 12.7. The Balaban J connectivity index is 1.58. The molecule has 220 valence electrons. The fraction of sp³-hybridized carbons (Fsp3) is 0.200. The Hall–Kier alpha value is -5.20. The normalized spacial score (nSPS) is 17.7. The van der Waals surface area contributed by atoms with E-state index in [4.69, 9.17) is 4.74 Å². The van der Waals surface area contributed by atoms with E-state index in [1.54, 1.807) is 0 Å². The highest BCUT2D eigenvalue weighted by Crippen LogP contribution is 2.51. The molecule has 4 aromatic carbocycles. The molecule has 0 radical (unpaired) electrons. The maximum absolute atomic E-state index is 11.4. The number of ether oxygens (including phenoxy) is 1. The summed E-state index contributed by atoms with van der Waals surface area (Å²) in [4.78, 5) is 0. The van der Waals surface area contributed by atoms with Crippen molar-refractivity contribution in [3.8, 4) is 57.5 Å². The number of aromatic hydroxyl groups is 9. The van der Waals surface area contributed by atoms with Crippen LogP contribution in [0.25, 0.3) is 0 Å². The van der Waals surface area contributed by atoms with E-state index in [2.05, 4.69) is 0 Å². The van der Waals surface area contributed by atoms with E-state index < -0.39 is 70.2 Å². The Labute approximate surface area is 238 Å². The molecule has 0 aromatic heterocycles. The number of hydrogen-bond donors (Lipinski definition) is 11. The number of hydrogen-bond acceptors (Lipinski definition) is 12. The molecule has 4 atom stereocenters. The van der Waals surface area contributed by atoms with Gasteiger partial charge in [0.25, 0.3) is 0 Å². The lowest BCUT2D eigenvalue weighted by atomic mass is 9.81. The van der Waals surface area contributed by atoms with Crippen LogP contribution in [0, 0.1) is 0 Å². The number of benzene rings is 4. The third-order valence-corrected chi connectivity index (χ3v) is 7.34. The van der Waals surface area contributed by atoms with Crippen LogP contribution in [0.2, 0.25) is 0 Å². The van der Waals surface area contributed by atoms with Gasteiger partial charge in [0.2, 0.25) is 5.75 Å². The van der Waals surface area contributed by atoms with Crippen molar-refractivity contribution in [2.75, 3.05) is 0 Å². The summed E-state index contributed by atoms with van der Waals surface area (Å²) in [5, 5.41) is 113. The molecule has 5 rings (SSSR count). The fourth-order valence-corrected chi connectivity index (χ4v) is 5.26. The number of aliphatic hydroxyl groups is 2. The topological polar surface area (TPSA) is 232 Å². The Morgan fingerprint density at radius 1 is 0.667 bits per heavy atom. The SMILES string of the molecule is Oc1ccc(C2Oc3c(cc(C(c4ccc(O)c(O)c4)C(O)Cc4cc(O)c(O)c(O)c4)c(O)c3O)CC2O)cc1O. The number of aliphatic hydroxyl groups excluding tert-OH is 2. The van der Waals surface area contributed by atoms with Gasteiger partial charge in [-0.3, -0.25) is 0 Å². The summed E-state index contributed by atoms with van der Waals surface area (Å²) >= 11 is 0. The van der Waals surface area contributed by atoms with Crippen molar-refractivity contribution in [1.82, 2.24) is 0 Å². The molecule has 0 saturated carbocycles. The first-order valence-corrected chi connectivity index (χ1v) is 12.7. The number of phenols is 9. The Morgan fingerprint density at radius 3 is 1.90 bits per heavy atom. The van der Waals surface area contributed by atoms with Gasteiger partial charge in [-0.1, -0.05) is 12.1 Å². The fourth-order valence-electron chi connectivity index (χ4n) is 5.26. The average molecular weight is 581 g/mol. The third kappa shape index (κ3) is 5.04. The average Bonchev–Trinajstić information content (AvgIpc) is 2.93. The van der Waals surface area contributed by atoms with Crippen molar-refractivity contribution < 1.29 is 60.9 Å². The van der Waals surface area contributed by atoms with Crippen LogP contribution in [0.3, 0.4) is 0 Å². The second-order valence-electron chi connectivity index (χ2n) is 10.2. The Morgan fingerprint density at radius 2 is 1.29 bits per heavy atom. The van der Waals surface area contributed by atoms with Crippen molar-refractivity contribution in [1.29, 1.82) is 0 Å². The summed E-state index contributed by atoms with van der Waals surface area (Å²) in [6.45, 7) is 0. The van der Waals surface area contributed by atoms with Gasteiger partial charge < -0.3 is 60.9 Å². The van der Waals surface area contributed by atoms with Gasteiger partial charge >= 0.3 is 0 Å². The zero-order valence-electron chi connectivity index (χ0n) is 21.7. The van der Waals surface area contributed by atoms with Gasteiger partial charge in [-0.2, -0.15) is 0 Å². The van der Waals surface area contributed by atoms with Gasteiger partial charge in [0, 0.05) is 23.5 Å². The molecule has 0 fully saturated rings. The highest BCUT2D eigenvalue weighted by atomic mass is 16.5. The summed E-state index contributed by atoms with van der Waals surface area (Å²) in [5.41, 5.74) is 0.914. The minimum Gasteiger partial charge on any atom is -0.504 e. The number of rotatable bonds is 6. The molecule has 12 heteroatoms. The maximum atomic E-state index is 11.4. The van der Waals surface area contributed by atoms with Gasteiger partial charge in [-0.05, 0) is 65.6 Å². The molecular formula is C30H28O12. The van der Waals surface area contributed by atoms with Gasteiger partial charge in [0.05, 0.1) is 12.2 Å². The molecule has 4 aromatic rings. The predicted octanol–water partition coefficient (Wildman–Crippen LogP) is 2.81. The third-order valence-electron chi connectivity index (χ3n) is 7.34. The summed E-state index contributed by atoms with van der Waals surface area (Å²) in [6.07, 6.45) is -4.06. The van der Waals surface area contributed by atoms with Crippen LogP contribution in [0.5, 0.6) is 57.5 Å². The van der Waals surface area contributed by atoms with Crippen LogP contribution in [0.1, 0.15) is 39.8 Å². The molecule has 11 N–H and O–H groups in total. The minimum atomic E-state index is -1.44. The lowest BCUT2D eigenvalue weighted by Gasteiger charge is -2.33. The van der Waals surface area contributed by atoms with Crippen molar-refractivity contribution in [3.05, 3.63) is 82.4 Å². The summed E-state index contributed by atoms with van der Waals surface area (Å²) in [5.74, 6) is -6.54. The largest absolute Gasteiger partial charge is 0.504 e.